The first-order valence-electron chi connectivity index (χ1n) is 10.9. The van der Waals surface area contributed by atoms with Crippen LogP contribution in [0.3, 0.4) is 0 Å². The second kappa shape index (κ2) is 8.76. The smallest absolute Gasteiger partial charge is 0.418 e. The number of phenolic OH excluding ortho intramolecular Hbond substituents is 1. The Bertz CT molecular complexity index is 1200. The fraction of sp³-hybridized carbons (Fsp3) is 0.308. The van der Waals surface area contributed by atoms with Crippen LogP contribution in [0.2, 0.25) is 0 Å². The SMILES string of the molecule is CC(C)(CC(O)(CN1CC=Cc2ccccc21)C(F)(F)F)c1cc(-c2cncnc2)ccc1O. The van der Waals surface area contributed by atoms with Crippen LogP contribution in [-0.2, 0) is 5.41 Å². The number of hydrogen-bond donors (Lipinski definition) is 2. The highest BCUT2D eigenvalue weighted by Crippen LogP contribution is 2.45. The third kappa shape index (κ3) is 4.63. The summed E-state index contributed by atoms with van der Waals surface area (Å²) in [5, 5.41) is 21.7. The van der Waals surface area contributed by atoms with Crippen LogP contribution in [0.5, 0.6) is 5.75 Å². The Morgan fingerprint density at radius 1 is 1.00 bits per heavy atom. The quantitative estimate of drug-likeness (QED) is 0.510. The number of anilines is 1. The highest BCUT2D eigenvalue weighted by atomic mass is 19.4. The van der Waals surface area contributed by atoms with Gasteiger partial charge in [0.05, 0.1) is 6.54 Å². The molecule has 34 heavy (non-hydrogen) atoms. The van der Waals surface area contributed by atoms with E-state index in [1.165, 1.54) is 17.3 Å². The minimum absolute atomic E-state index is 0.138. The van der Waals surface area contributed by atoms with E-state index in [0.29, 0.717) is 22.4 Å². The number of hydrogen-bond acceptors (Lipinski definition) is 5. The molecule has 3 aromatic rings. The van der Waals surface area contributed by atoms with E-state index in [9.17, 15) is 23.4 Å². The van der Waals surface area contributed by atoms with Crippen LogP contribution in [-0.4, -0.2) is 45.0 Å². The molecule has 0 amide bonds. The first kappa shape index (κ1) is 23.8. The topological polar surface area (TPSA) is 69.5 Å². The first-order chi connectivity index (χ1) is 16.0. The average molecular weight is 470 g/mol. The molecule has 1 aliphatic heterocycles. The summed E-state index contributed by atoms with van der Waals surface area (Å²) in [6, 6.07) is 11.9. The molecule has 2 heterocycles. The normalized spacial score (nSPS) is 15.6. The van der Waals surface area contributed by atoms with Gasteiger partial charge >= 0.3 is 6.18 Å². The number of rotatable bonds is 6. The summed E-state index contributed by atoms with van der Waals surface area (Å²) in [5.41, 5.74) is -1.17. The molecular weight excluding hydrogens is 443 g/mol. The van der Waals surface area contributed by atoms with Crippen molar-refractivity contribution in [3.05, 3.63) is 78.4 Å². The van der Waals surface area contributed by atoms with Crippen LogP contribution in [0.25, 0.3) is 17.2 Å². The summed E-state index contributed by atoms with van der Waals surface area (Å²) in [7, 11) is 0. The standard InChI is InChI=1S/C26H26F3N3O2/c1-24(2,21-12-19(9-10-23(21)33)20-13-30-17-31-14-20)15-25(34,26(27,28)29)16-32-11-5-7-18-6-3-4-8-22(18)32/h3-10,12-14,17,33-34H,11,15-16H2,1-2H3. The van der Waals surface area contributed by atoms with Crippen LogP contribution in [0, 0.1) is 0 Å². The van der Waals surface area contributed by atoms with Crippen molar-refractivity contribution in [1.29, 1.82) is 0 Å². The number of alkyl halides is 3. The van der Waals surface area contributed by atoms with Crippen LogP contribution < -0.4 is 4.90 Å². The lowest BCUT2D eigenvalue weighted by atomic mass is 9.73. The maximum atomic E-state index is 14.4. The summed E-state index contributed by atoms with van der Waals surface area (Å²) in [6.07, 6.45) is 2.66. The number of nitrogens with zero attached hydrogens (tertiary/aromatic N) is 3. The van der Waals surface area contributed by atoms with Gasteiger partial charge in [-0.05, 0) is 41.2 Å². The zero-order valence-corrected chi connectivity index (χ0v) is 18.9. The summed E-state index contributed by atoms with van der Waals surface area (Å²) in [6.45, 7) is 2.81. The zero-order chi connectivity index (χ0) is 24.6. The number of fused-ring (bicyclic) bond motifs is 1. The van der Waals surface area contributed by atoms with Crippen LogP contribution >= 0.6 is 0 Å². The molecule has 0 saturated heterocycles. The van der Waals surface area contributed by atoms with Gasteiger partial charge < -0.3 is 15.1 Å². The molecule has 8 heteroatoms. The zero-order valence-electron chi connectivity index (χ0n) is 18.9. The minimum Gasteiger partial charge on any atom is -0.508 e. The number of aliphatic hydroxyl groups is 1. The van der Waals surface area contributed by atoms with Gasteiger partial charge in [-0.15, -0.1) is 0 Å². The second-order valence-electron chi connectivity index (χ2n) is 9.29. The number of aromatic hydroxyl groups is 1. The molecule has 0 spiro atoms. The van der Waals surface area contributed by atoms with Gasteiger partial charge in [0.2, 0.25) is 0 Å². The molecule has 178 valence electrons. The first-order valence-corrected chi connectivity index (χ1v) is 10.9. The number of β-amino-alcohol motifs (C(OH)–C–C–N with tert-alkyl or cyclic N) is 1. The Kier molecular flexibility index (Phi) is 6.12. The number of benzene rings is 2. The van der Waals surface area contributed by atoms with Gasteiger partial charge in [-0.3, -0.25) is 0 Å². The van der Waals surface area contributed by atoms with Crippen molar-refractivity contribution in [3.63, 3.8) is 0 Å². The fourth-order valence-electron chi connectivity index (χ4n) is 4.57. The van der Waals surface area contributed by atoms with Crippen molar-refractivity contribution in [2.45, 2.75) is 37.5 Å². The van der Waals surface area contributed by atoms with Gasteiger partial charge in [-0.25, -0.2) is 9.97 Å². The largest absolute Gasteiger partial charge is 0.508 e. The van der Waals surface area contributed by atoms with Gasteiger partial charge in [0, 0.05) is 35.8 Å². The Balaban J connectivity index is 1.68. The number of aromatic nitrogens is 2. The maximum Gasteiger partial charge on any atom is 0.418 e. The van der Waals surface area contributed by atoms with E-state index in [2.05, 4.69) is 9.97 Å². The van der Waals surface area contributed by atoms with E-state index in [1.807, 2.05) is 18.2 Å². The molecule has 4 rings (SSSR count). The van der Waals surface area contributed by atoms with Gasteiger partial charge in [-0.1, -0.05) is 50.3 Å². The molecule has 0 bridgehead atoms. The third-order valence-corrected chi connectivity index (χ3v) is 6.23. The number of halogens is 3. The van der Waals surface area contributed by atoms with E-state index in [4.69, 9.17) is 0 Å². The van der Waals surface area contributed by atoms with Crippen molar-refractivity contribution in [2.24, 2.45) is 0 Å². The van der Waals surface area contributed by atoms with E-state index in [0.717, 1.165) is 5.56 Å². The molecule has 0 aliphatic carbocycles. The fourth-order valence-corrected chi connectivity index (χ4v) is 4.57. The van der Waals surface area contributed by atoms with Crippen molar-refractivity contribution >= 4 is 11.8 Å². The molecular formula is C26H26F3N3O2. The average Bonchev–Trinajstić information content (AvgIpc) is 2.79. The Morgan fingerprint density at radius 2 is 1.71 bits per heavy atom. The lowest BCUT2D eigenvalue weighted by Gasteiger charge is -2.42. The maximum absolute atomic E-state index is 14.4. The van der Waals surface area contributed by atoms with E-state index >= 15 is 0 Å². The predicted octanol–water partition coefficient (Wildman–Crippen LogP) is 5.34. The lowest BCUT2D eigenvalue weighted by molar-refractivity contribution is -0.262. The Morgan fingerprint density at radius 3 is 2.41 bits per heavy atom. The molecule has 0 saturated carbocycles. The molecule has 0 fully saturated rings. The summed E-state index contributed by atoms with van der Waals surface area (Å²) in [5.74, 6) is -0.138. The molecule has 1 atom stereocenters. The van der Waals surface area contributed by atoms with E-state index < -0.39 is 30.2 Å². The predicted molar refractivity (Wildman–Crippen MR) is 125 cm³/mol. The second-order valence-corrected chi connectivity index (χ2v) is 9.29. The lowest BCUT2D eigenvalue weighted by Crippen LogP contribution is -2.56. The summed E-state index contributed by atoms with van der Waals surface area (Å²) < 4.78 is 43.1. The van der Waals surface area contributed by atoms with Gasteiger partial charge in [-0.2, -0.15) is 13.2 Å². The molecule has 5 nitrogen and oxygen atoms in total. The molecule has 2 N–H and O–H groups in total. The molecule has 1 aliphatic rings. The third-order valence-electron chi connectivity index (χ3n) is 6.23. The van der Waals surface area contributed by atoms with Crippen molar-refractivity contribution in [1.82, 2.24) is 9.97 Å². The van der Waals surface area contributed by atoms with Crippen molar-refractivity contribution in [2.75, 3.05) is 18.0 Å². The van der Waals surface area contributed by atoms with Crippen LogP contribution in [0.1, 0.15) is 31.4 Å². The van der Waals surface area contributed by atoms with Gasteiger partial charge in [0.25, 0.3) is 0 Å². The van der Waals surface area contributed by atoms with Gasteiger partial charge in [0.1, 0.15) is 12.1 Å². The van der Waals surface area contributed by atoms with Crippen molar-refractivity contribution < 1.29 is 23.4 Å². The van der Waals surface area contributed by atoms with E-state index in [-0.39, 0.29) is 12.3 Å². The summed E-state index contributed by atoms with van der Waals surface area (Å²) >= 11 is 0. The summed E-state index contributed by atoms with van der Waals surface area (Å²) in [4.78, 5) is 9.49. The van der Waals surface area contributed by atoms with Gasteiger partial charge in [0.15, 0.2) is 5.60 Å². The van der Waals surface area contributed by atoms with Crippen LogP contribution in [0.15, 0.2) is 67.3 Å². The number of phenols is 1. The van der Waals surface area contributed by atoms with Crippen molar-refractivity contribution in [3.8, 4) is 16.9 Å². The molecule has 2 aromatic carbocycles. The highest BCUT2D eigenvalue weighted by Gasteiger charge is 2.57. The van der Waals surface area contributed by atoms with Crippen LogP contribution in [0.4, 0.5) is 18.9 Å². The monoisotopic (exact) mass is 469 g/mol. The molecule has 1 aromatic heterocycles. The minimum atomic E-state index is -4.89. The highest BCUT2D eigenvalue weighted by molar-refractivity contribution is 5.71. The molecule has 1 unspecified atom stereocenters. The Labute approximate surface area is 196 Å². The van der Waals surface area contributed by atoms with E-state index in [1.54, 1.807) is 56.6 Å². The Hall–Kier alpha value is -3.39. The number of para-hydroxylation sites is 1. The molecule has 0 radical (unpaired) electrons.